The Labute approximate surface area is 152 Å². The van der Waals surface area contributed by atoms with E-state index in [4.69, 9.17) is 0 Å². The van der Waals surface area contributed by atoms with E-state index in [0.29, 0.717) is 24.2 Å². The van der Waals surface area contributed by atoms with Crippen LogP contribution in [0.1, 0.15) is 51.5 Å². The molecule has 1 amide bonds. The summed E-state index contributed by atoms with van der Waals surface area (Å²) in [5.74, 6) is 0.0115. The highest BCUT2D eigenvalue weighted by atomic mass is 16.2. The van der Waals surface area contributed by atoms with E-state index < -0.39 is 0 Å². The van der Waals surface area contributed by atoms with Gasteiger partial charge in [0.05, 0.1) is 5.69 Å². The van der Waals surface area contributed by atoms with Crippen LogP contribution in [0.3, 0.4) is 0 Å². The van der Waals surface area contributed by atoms with E-state index in [-0.39, 0.29) is 11.7 Å². The Morgan fingerprint density at radius 3 is 2.73 bits per heavy atom. The molecule has 1 aliphatic heterocycles. The van der Waals surface area contributed by atoms with Gasteiger partial charge in [-0.3, -0.25) is 14.0 Å². The average molecular weight is 347 g/mol. The van der Waals surface area contributed by atoms with Crippen LogP contribution in [0.2, 0.25) is 0 Å². The van der Waals surface area contributed by atoms with E-state index in [0.717, 1.165) is 34.6 Å². The molecule has 5 nitrogen and oxygen atoms in total. The standard InChI is InChI=1S/C21H21N3O2/c1-4-17-20(24-12-13(2)5-8-19(24)22-17)21(26)23-10-9-16-11-15(14(3)25)6-7-18(16)23/h5-8,11-12H,4,9-10H2,1-3H3. The van der Waals surface area contributed by atoms with Crippen LogP contribution in [0.4, 0.5) is 5.69 Å². The number of Topliss-reactive ketones (excluding diaryl/α,β-unsaturated/α-hetero) is 1. The first kappa shape index (κ1) is 16.5. The van der Waals surface area contributed by atoms with Crippen molar-refractivity contribution < 1.29 is 9.59 Å². The van der Waals surface area contributed by atoms with Crippen LogP contribution in [-0.4, -0.2) is 27.6 Å². The largest absolute Gasteiger partial charge is 0.306 e. The number of benzene rings is 1. The second-order valence-electron chi connectivity index (χ2n) is 6.80. The number of ketones is 1. The van der Waals surface area contributed by atoms with Crippen molar-refractivity contribution >= 4 is 23.0 Å². The van der Waals surface area contributed by atoms with Gasteiger partial charge in [0.2, 0.25) is 0 Å². The molecule has 4 rings (SSSR count). The quantitative estimate of drug-likeness (QED) is 0.680. The van der Waals surface area contributed by atoms with Crippen molar-refractivity contribution in [3.05, 3.63) is 64.6 Å². The van der Waals surface area contributed by atoms with Crippen molar-refractivity contribution in [2.24, 2.45) is 0 Å². The van der Waals surface area contributed by atoms with Crippen LogP contribution in [0.25, 0.3) is 5.65 Å². The molecule has 132 valence electrons. The molecule has 0 saturated carbocycles. The van der Waals surface area contributed by atoms with Crippen LogP contribution >= 0.6 is 0 Å². The second-order valence-corrected chi connectivity index (χ2v) is 6.80. The van der Waals surface area contributed by atoms with Gasteiger partial charge in [-0.25, -0.2) is 4.98 Å². The van der Waals surface area contributed by atoms with Gasteiger partial charge < -0.3 is 4.90 Å². The number of rotatable bonds is 3. The van der Waals surface area contributed by atoms with Crippen molar-refractivity contribution in [1.29, 1.82) is 0 Å². The van der Waals surface area contributed by atoms with Crippen molar-refractivity contribution in [3.8, 4) is 0 Å². The first-order valence-corrected chi connectivity index (χ1v) is 8.93. The van der Waals surface area contributed by atoms with Crippen molar-refractivity contribution in [2.45, 2.75) is 33.6 Å². The van der Waals surface area contributed by atoms with Crippen molar-refractivity contribution in [2.75, 3.05) is 11.4 Å². The van der Waals surface area contributed by atoms with Gasteiger partial charge in [-0.2, -0.15) is 0 Å². The maximum absolute atomic E-state index is 13.4. The lowest BCUT2D eigenvalue weighted by atomic mass is 10.1. The lowest BCUT2D eigenvalue weighted by Gasteiger charge is -2.18. The smallest absolute Gasteiger partial charge is 0.277 e. The Morgan fingerprint density at radius 1 is 1.19 bits per heavy atom. The van der Waals surface area contributed by atoms with Gasteiger partial charge in [-0.1, -0.05) is 13.0 Å². The third-order valence-electron chi connectivity index (χ3n) is 5.00. The van der Waals surface area contributed by atoms with Gasteiger partial charge in [-0.15, -0.1) is 0 Å². The number of aromatic nitrogens is 2. The number of hydrogen-bond donors (Lipinski definition) is 0. The highest BCUT2D eigenvalue weighted by Crippen LogP contribution is 2.31. The summed E-state index contributed by atoms with van der Waals surface area (Å²) in [7, 11) is 0. The van der Waals surface area contributed by atoms with Crippen LogP contribution in [-0.2, 0) is 12.8 Å². The van der Waals surface area contributed by atoms with Crippen LogP contribution in [0, 0.1) is 6.92 Å². The summed E-state index contributed by atoms with van der Waals surface area (Å²) in [6.07, 6.45) is 3.43. The first-order valence-electron chi connectivity index (χ1n) is 8.93. The molecule has 0 spiro atoms. The number of imidazole rings is 1. The van der Waals surface area contributed by atoms with E-state index in [2.05, 4.69) is 4.98 Å². The van der Waals surface area contributed by atoms with Gasteiger partial charge >= 0.3 is 0 Å². The number of nitrogens with zero attached hydrogens (tertiary/aromatic N) is 3. The highest BCUT2D eigenvalue weighted by Gasteiger charge is 2.30. The van der Waals surface area contributed by atoms with E-state index >= 15 is 0 Å². The number of carbonyl (C=O) groups is 2. The fourth-order valence-electron chi connectivity index (χ4n) is 3.63. The van der Waals surface area contributed by atoms with Crippen LogP contribution in [0.5, 0.6) is 0 Å². The number of fused-ring (bicyclic) bond motifs is 2. The number of pyridine rings is 1. The summed E-state index contributed by atoms with van der Waals surface area (Å²) in [4.78, 5) is 31.4. The first-order chi connectivity index (χ1) is 12.5. The van der Waals surface area contributed by atoms with E-state index in [1.807, 2.05) is 53.6 Å². The molecular weight excluding hydrogens is 326 g/mol. The zero-order valence-electron chi connectivity index (χ0n) is 15.2. The summed E-state index contributed by atoms with van der Waals surface area (Å²) < 4.78 is 1.90. The number of hydrogen-bond acceptors (Lipinski definition) is 3. The van der Waals surface area contributed by atoms with Crippen molar-refractivity contribution in [3.63, 3.8) is 0 Å². The predicted octanol–water partition coefficient (Wildman–Crippen LogP) is 3.61. The molecule has 0 N–H and O–H groups in total. The molecule has 0 saturated heterocycles. The monoisotopic (exact) mass is 347 g/mol. The molecule has 3 heterocycles. The predicted molar refractivity (Wildman–Crippen MR) is 101 cm³/mol. The molecule has 3 aromatic rings. The zero-order chi connectivity index (χ0) is 18.4. The average Bonchev–Trinajstić information content (AvgIpc) is 3.21. The Balaban J connectivity index is 1.80. The second kappa shape index (κ2) is 6.09. The lowest BCUT2D eigenvalue weighted by molar-refractivity contribution is 0.0981. The molecule has 1 aliphatic rings. The third-order valence-corrected chi connectivity index (χ3v) is 5.00. The number of amides is 1. The normalized spacial score (nSPS) is 13.3. The van der Waals surface area contributed by atoms with Gasteiger partial charge in [0, 0.05) is 24.0 Å². The minimum absolute atomic E-state index is 0.0331. The highest BCUT2D eigenvalue weighted by molar-refractivity contribution is 6.08. The third kappa shape index (κ3) is 2.51. The Kier molecular flexibility index (Phi) is 3.87. The summed E-state index contributed by atoms with van der Waals surface area (Å²) in [6.45, 7) is 6.21. The SMILES string of the molecule is CCc1nc2ccc(C)cn2c1C(=O)N1CCc2cc(C(C)=O)ccc21. The van der Waals surface area contributed by atoms with Gasteiger partial charge in [0.15, 0.2) is 5.78 Å². The van der Waals surface area contributed by atoms with E-state index in [1.54, 1.807) is 13.0 Å². The molecule has 2 aromatic heterocycles. The van der Waals surface area contributed by atoms with E-state index in [1.165, 1.54) is 0 Å². The summed E-state index contributed by atoms with van der Waals surface area (Å²) in [5.41, 5.74) is 5.96. The molecule has 0 radical (unpaired) electrons. The van der Waals surface area contributed by atoms with Gasteiger partial charge in [0.25, 0.3) is 5.91 Å². The molecule has 0 unspecified atom stereocenters. The molecule has 5 heteroatoms. The molecule has 1 aromatic carbocycles. The molecule has 0 aliphatic carbocycles. The Bertz CT molecular complexity index is 1050. The maximum Gasteiger partial charge on any atom is 0.277 e. The molecule has 26 heavy (non-hydrogen) atoms. The summed E-state index contributed by atoms with van der Waals surface area (Å²) >= 11 is 0. The number of aryl methyl sites for hydroxylation is 2. The van der Waals surface area contributed by atoms with Crippen molar-refractivity contribution in [1.82, 2.24) is 9.38 Å². The lowest BCUT2D eigenvalue weighted by Crippen LogP contribution is -2.30. The topological polar surface area (TPSA) is 54.7 Å². The number of anilines is 1. The fraction of sp³-hybridized carbons (Fsp3) is 0.286. The Hall–Kier alpha value is -2.95. The zero-order valence-corrected chi connectivity index (χ0v) is 15.2. The minimum atomic E-state index is -0.0331. The fourth-order valence-corrected chi connectivity index (χ4v) is 3.63. The van der Waals surface area contributed by atoms with Gasteiger partial charge in [-0.05, 0) is 62.1 Å². The number of carbonyl (C=O) groups excluding carboxylic acids is 2. The summed E-state index contributed by atoms with van der Waals surface area (Å²) in [6, 6.07) is 9.54. The molecule has 0 bridgehead atoms. The molecular formula is C21H21N3O2. The Morgan fingerprint density at radius 2 is 2.00 bits per heavy atom. The van der Waals surface area contributed by atoms with Crippen LogP contribution < -0.4 is 4.90 Å². The molecule has 0 atom stereocenters. The molecule has 0 fully saturated rings. The van der Waals surface area contributed by atoms with Gasteiger partial charge in [0.1, 0.15) is 11.3 Å². The summed E-state index contributed by atoms with van der Waals surface area (Å²) in [5, 5.41) is 0. The van der Waals surface area contributed by atoms with Crippen LogP contribution in [0.15, 0.2) is 36.5 Å². The van der Waals surface area contributed by atoms with E-state index in [9.17, 15) is 9.59 Å². The minimum Gasteiger partial charge on any atom is -0.306 e. The maximum atomic E-state index is 13.4.